The summed E-state index contributed by atoms with van der Waals surface area (Å²) in [6, 6.07) is 0. The van der Waals surface area contributed by atoms with Crippen LogP contribution in [0.5, 0.6) is 0 Å². The summed E-state index contributed by atoms with van der Waals surface area (Å²) in [6.45, 7) is 5.28. The van der Waals surface area contributed by atoms with Crippen LogP contribution in [0.25, 0.3) is 0 Å². The SMILES string of the molecule is CC=C[CH2][Sn]([O]C(C)=O)([O]C(C)=O)[O]C(C)=O. The second kappa shape index (κ2) is 7.31. The molecule has 7 heteroatoms. The van der Waals surface area contributed by atoms with Gasteiger partial charge in [-0.2, -0.15) is 0 Å². The third kappa shape index (κ3) is 6.98. The molecule has 96 valence electrons. The molecule has 0 unspecified atom stereocenters. The third-order valence-electron chi connectivity index (χ3n) is 1.50. The zero-order valence-corrected chi connectivity index (χ0v) is 13.2. The summed E-state index contributed by atoms with van der Waals surface area (Å²) >= 11 is -4.47. The van der Waals surface area contributed by atoms with Crippen LogP contribution in [-0.4, -0.2) is 37.5 Å². The molecular weight excluding hydrogens is 335 g/mol. The fourth-order valence-electron chi connectivity index (χ4n) is 1.11. The van der Waals surface area contributed by atoms with E-state index in [9.17, 15) is 14.4 Å². The van der Waals surface area contributed by atoms with Gasteiger partial charge < -0.3 is 0 Å². The second-order valence-corrected chi connectivity index (χ2v) is 10.0. The standard InChI is InChI=1S/C4H7.3C2H4O2.Sn/c1-3-4-2;3*1-2(3)4;/h3-4H,1H2,2H3;3*1H3,(H,3,4);/q;;;;+3/p-3. The van der Waals surface area contributed by atoms with Gasteiger partial charge in [-0.25, -0.2) is 0 Å². The van der Waals surface area contributed by atoms with E-state index in [1.165, 1.54) is 20.8 Å². The molecule has 0 aromatic rings. The summed E-state index contributed by atoms with van der Waals surface area (Å²) in [4.78, 5) is 33.0. The molecule has 17 heavy (non-hydrogen) atoms. The minimum atomic E-state index is -4.47. The van der Waals surface area contributed by atoms with Crippen molar-refractivity contribution in [3.63, 3.8) is 0 Å². The Hall–Kier alpha value is -1.05. The summed E-state index contributed by atoms with van der Waals surface area (Å²) in [5.74, 6) is -1.89. The monoisotopic (exact) mass is 352 g/mol. The Bertz CT molecular complexity index is 295. The molecule has 0 spiro atoms. The van der Waals surface area contributed by atoms with Gasteiger partial charge in [0.05, 0.1) is 0 Å². The third-order valence-corrected chi connectivity index (χ3v) is 8.73. The van der Waals surface area contributed by atoms with Crippen molar-refractivity contribution in [2.75, 3.05) is 0 Å². The summed E-state index contributed by atoms with van der Waals surface area (Å²) in [7, 11) is 0. The van der Waals surface area contributed by atoms with Gasteiger partial charge in [0, 0.05) is 0 Å². The number of hydrogen-bond donors (Lipinski definition) is 0. The zero-order valence-electron chi connectivity index (χ0n) is 10.3. The van der Waals surface area contributed by atoms with Crippen molar-refractivity contribution in [3.05, 3.63) is 12.2 Å². The summed E-state index contributed by atoms with van der Waals surface area (Å²) in [5.41, 5.74) is 0. The Morgan fingerprint density at radius 3 is 1.53 bits per heavy atom. The van der Waals surface area contributed by atoms with Crippen LogP contribution in [-0.2, 0) is 23.6 Å². The summed E-state index contributed by atoms with van der Waals surface area (Å²) in [5, 5.41) is 0. The van der Waals surface area contributed by atoms with E-state index in [0.29, 0.717) is 0 Å². The summed E-state index contributed by atoms with van der Waals surface area (Å²) < 4.78 is 15.1. The molecule has 0 aliphatic rings. The maximum atomic E-state index is 11.0. The quantitative estimate of drug-likeness (QED) is 0.547. The van der Waals surface area contributed by atoms with Crippen LogP contribution in [0.1, 0.15) is 27.7 Å². The Kier molecular flexibility index (Phi) is 6.86. The molecule has 0 aromatic heterocycles. The van der Waals surface area contributed by atoms with Crippen LogP contribution in [0.15, 0.2) is 12.2 Å². The van der Waals surface area contributed by atoms with Crippen molar-refractivity contribution in [2.45, 2.75) is 32.1 Å². The molecule has 0 amide bonds. The molecule has 0 fully saturated rings. The second-order valence-electron chi connectivity index (χ2n) is 3.24. The van der Waals surface area contributed by atoms with Gasteiger partial charge in [-0.05, 0) is 0 Å². The number of hydrogen-bond acceptors (Lipinski definition) is 6. The molecule has 0 saturated heterocycles. The normalized spacial score (nSPS) is 11.1. The number of rotatable bonds is 5. The maximum absolute atomic E-state index is 11.0. The predicted octanol–water partition coefficient (Wildman–Crippen LogP) is 1.19. The van der Waals surface area contributed by atoms with Crippen LogP contribution in [0, 0.1) is 0 Å². The van der Waals surface area contributed by atoms with Crippen molar-refractivity contribution in [1.82, 2.24) is 0 Å². The van der Waals surface area contributed by atoms with E-state index in [1.807, 2.05) is 0 Å². The van der Waals surface area contributed by atoms with E-state index in [-0.39, 0.29) is 4.44 Å². The van der Waals surface area contributed by atoms with E-state index in [2.05, 4.69) is 0 Å². The predicted molar refractivity (Wildman–Crippen MR) is 60.7 cm³/mol. The molecule has 6 nitrogen and oxygen atoms in total. The molecule has 0 saturated carbocycles. The average Bonchev–Trinajstić information content (AvgIpc) is 2.11. The van der Waals surface area contributed by atoms with Crippen molar-refractivity contribution in [3.8, 4) is 0 Å². The van der Waals surface area contributed by atoms with E-state index < -0.39 is 37.5 Å². The Balaban J connectivity index is 5.08. The van der Waals surface area contributed by atoms with Gasteiger partial charge in [0.1, 0.15) is 0 Å². The Morgan fingerprint density at radius 2 is 1.29 bits per heavy atom. The van der Waals surface area contributed by atoms with Crippen LogP contribution in [0.4, 0.5) is 0 Å². The first-order chi connectivity index (χ1) is 7.81. The fourth-order valence-corrected chi connectivity index (χ4v) is 7.42. The van der Waals surface area contributed by atoms with E-state index >= 15 is 0 Å². The number of carbonyl (C=O) groups excluding carboxylic acids is 3. The molecule has 0 bridgehead atoms. The van der Waals surface area contributed by atoms with Gasteiger partial charge in [0.25, 0.3) is 0 Å². The summed E-state index contributed by atoms with van der Waals surface area (Å²) in [6.07, 6.45) is 3.34. The van der Waals surface area contributed by atoms with Crippen LogP contribution >= 0.6 is 0 Å². The first kappa shape index (κ1) is 15.9. The van der Waals surface area contributed by atoms with E-state index in [0.717, 1.165) is 0 Å². The topological polar surface area (TPSA) is 78.9 Å². The Morgan fingerprint density at radius 1 is 0.941 bits per heavy atom. The number of carbonyl (C=O) groups is 3. The van der Waals surface area contributed by atoms with Crippen molar-refractivity contribution >= 4 is 37.5 Å². The van der Waals surface area contributed by atoms with Gasteiger partial charge in [-0.1, -0.05) is 0 Å². The molecular formula is C10H16O6Sn. The molecule has 0 heterocycles. The molecule has 0 aromatic carbocycles. The van der Waals surface area contributed by atoms with Crippen molar-refractivity contribution in [1.29, 1.82) is 0 Å². The molecule has 0 atom stereocenters. The molecule has 0 N–H and O–H groups in total. The molecule has 0 rings (SSSR count). The average molecular weight is 351 g/mol. The van der Waals surface area contributed by atoms with Gasteiger partial charge in [0.2, 0.25) is 0 Å². The van der Waals surface area contributed by atoms with Gasteiger partial charge in [-0.3, -0.25) is 0 Å². The first-order valence-electron chi connectivity index (χ1n) is 5.01. The minimum absolute atomic E-state index is 0.143. The van der Waals surface area contributed by atoms with E-state index in [4.69, 9.17) is 9.22 Å². The van der Waals surface area contributed by atoms with Gasteiger partial charge >= 0.3 is 105 Å². The van der Waals surface area contributed by atoms with Crippen molar-refractivity contribution < 1.29 is 23.6 Å². The van der Waals surface area contributed by atoms with Gasteiger partial charge in [0.15, 0.2) is 0 Å². The van der Waals surface area contributed by atoms with E-state index in [1.54, 1.807) is 19.1 Å². The fraction of sp³-hybridized carbons (Fsp3) is 0.500. The zero-order chi connectivity index (χ0) is 13.5. The molecule has 0 radical (unpaired) electrons. The first-order valence-corrected chi connectivity index (χ1v) is 10.5. The van der Waals surface area contributed by atoms with Crippen LogP contribution in [0.2, 0.25) is 4.44 Å². The van der Waals surface area contributed by atoms with Gasteiger partial charge in [-0.15, -0.1) is 0 Å². The van der Waals surface area contributed by atoms with Crippen molar-refractivity contribution in [2.24, 2.45) is 0 Å². The number of allylic oxidation sites excluding steroid dienone is 2. The molecule has 0 aliphatic heterocycles. The Labute approximate surface area is 105 Å². The van der Waals surface area contributed by atoms with Crippen LogP contribution in [0.3, 0.4) is 0 Å². The van der Waals surface area contributed by atoms with Crippen LogP contribution < -0.4 is 0 Å². The molecule has 0 aliphatic carbocycles.